The minimum atomic E-state index is -0.375. The van der Waals surface area contributed by atoms with E-state index in [0.717, 1.165) is 0 Å². The van der Waals surface area contributed by atoms with Crippen LogP contribution >= 0.6 is 0 Å². The van der Waals surface area contributed by atoms with Crippen LogP contribution in [0.2, 0.25) is 0 Å². The van der Waals surface area contributed by atoms with Crippen molar-refractivity contribution in [2.45, 2.75) is 6.42 Å². The lowest BCUT2D eigenvalue weighted by Crippen LogP contribution is -2.31. The average Bonchev–Trinajstić information content (AvgIpc) is 2.49. The van der Waals surface area contributed by atoms with Crippen molar-refractivity contribution in [3.63, 3.8) is 0 Å². The Morgan fingerprint density at radius 2 is 2.07 bits per heavy atom. The summed E-state index contributed by atoms with van der Waals surface area (Å²) >= 11 is 0. The molecule has 0 unspecified atom stereocenters. The number of ketones is 1. The number of Topliss-reactive ketones (excluding diaryl/α,β-unsaturated/α-hetero) is 1. The highest BCUT2D eigenvalue weighted by Gasteiger charge is 2.28. The van der Waals surface area contributed by atoms with Gasteiger partial charge < -0.3 is 14.4 Å². The van der Waals surface area contributed by atoms with Gasteiger partial charge in [-0.25, -0.2) is 0 Å². The minimum absolute atomic E-state index is 0.290. The van der Waals surface area contributed by atoms with Gasteiger partial charge in [-0.2, -0.15) is 0 Å². The summed E-state index contributed by atoms with van der Waals surface area (Å²) < 4.78 is 9.98. The molecule has 80 valence electrons. The van der Waals surface area contributed by atoms with Crippen LogP contribution in [0, 0.1) is 0 Å². The fourth-order valence-corrected chi connectivity index (χ4v) is 1.25. The van der Waals surface area contributed by atoms with Crippen LogP contribution in [0.25, 0.3) is 0 Å². The van der Waals surface area contributed by atoms with E-state index in [-0.39, 0.29) is 11.7 Å². The molecule has 1 rings (SSSR count). The second-order valence-electron chi connectivity index (χ2n) is 3.07. The highest BCUT2D eigenvalue weighted by Crippen LogP contribution is 2.04. The third-order valence-electron chi connectivity index (χ3n) is 2.07. The minimum Gasteiger partial charge on any atom is -0.382 e. The van der Waals surface area contributed by atoms with Gasteiger partial charge in [-0.05, 0) is 0 Å². The Labute approximate surface area is 83.0 Å². The van der Waals surface area contributed by atoms with Crippen molar-refractivity contribution >= 4 is 11.7 Å². The van der Waals surface area contributed by atoms with Gasteiger partial charge in [0.05, 0.1) is 19.8 Å². The van der Waals surface area contributed by atoms with Crippen LogP contribution in [-0.4, -0.2) is 56.6 Å². The molecular weight excluding hydrogens is 186 g/mol. The third-order valence-corrected chi connectivity index (χ3v) is 2.07. The van der Waals surface area contributed by atoms with Gasteiger partial charge in [0.15, 0.2) is 0 Å². The summed E-state index contributed by atoms with van der Waals surface area (Å²) in [6.07, 6.45) is 0.344. The molecule has 1 aliphatic rings. The Balaban J connectivity index is 2.07. The van der Waals surface area contributed by atoms with Gasteiger partial charge in [0.25, 0.3) is 5.91 Å². The largest absolute Gasteiger partial charge is 0.382 e. The van der Waals surface area contributed by atoms with Gasteiger partial charge in [0.2, 0.25) is 5.78 Å². The zero-order chi connectivity index (χ0) is 10.4. The predicted octanol–water partition coefficient (Wildman–Crippen LogP) is -0.549. The van der Waals surface area contributed by atoms with Crippen molar-refractivity contribution in [3.05, 3.63) is 0 Å². The molecule has 0 aliphatic carbocycles. The number of ether oxygens (including phenoxy) is 2. The van der Waals surface area contributed by atoms with E-state index in [1.165, 1.54) is 4.90 Å². The van der Waals surface area contributed by atoms with Crippen LogP contribution in [0.15, 0.2) is 0 Å². The van der Waals surface area contributed by atoms with Crippen LogP contribution in [-0.2, 0) is 19.1 Å². The van der Waals surface area contributed by atoms with Gasteiger partial charge in [0.1, 0.15) is 0 Å². The summed E-state index contributed by atoms with van der Waals surface area (Å²) in [6, 6.07) is 0. The number of carbonyl (C=O) groups excluding carboxylic acids is 2. The fourth-order valence-electron chi connectivity index (χ4n) is 1.25. The first-order chi connectivity index (χ1) is 6.75. The molecule has 5 nitrogen and oxygen atoms in total. The molecule has 1 amide bonds. The maximum atomic E-state index is 11.1. The van der Waals surface area contributed by atoms with E-state index in [1.54, 1.807) is 7.11 Å². The summed E-state index contributed by atoms with van der Waals surface area (Å²) in [4.78, 5) is 23.5. The van der Waals surface area contributed by atoms with E-state index in [0.29, 0.717) is 39.3 Å². The molecular formula is C9H15NO4. The molecule has 0 spiro atoms. The molecule has 1 fully saturated rings. The van der Waals surface area contributed by atoms with Crippen molar-refractivity contribution in [1.82, 2.24) is 4.90 Å². The summed E-state index contributed by atoms with van der Waals surface area (Å²) in [6.45, 7) is 2.56. The van der Waals surface area contributed by atoms with E-state index < -0.39 is 0 Å². The van der Waals surface area contributed by atoms with Crippen molar-refractivity contribution in [3.8, 4) is 0 Å². The number of hydrogen-bond donors (Lipinski definition) is 0. The molecule has 0 bridgehead atoms. The highest BCUT2D eigenvalue weighted by atomic mass is 16.5. The average molecular weight is 201 g/mol. The molecule has 1 heterocycles. The lowest BCUT2D eigenvalue weighted by molar-refractivity contribution is -0.140. The molecule has 1 aliphatic heterocycles. The molecule has 0 aromatic carbocycles. The Hall–Kier alpha value is -0.940. The Kier molecular flexibility index (Phi) is 4.55. The molecule has 1 saturated heterocycles. The summed E-state index contributed by atoms with van der Waals surface area (Å²) in [7, 11) is 1.60. The van der Waals surface area contributed by atoms with Gasteiger partial charge in [-0.1, -0.05) is 0 Å². The molecule has 14 heavy (non-hydrogen) atoms. The normalized spacial score (nSPS) is 16.8. The van der Waals surface area contributed by atoms with Gasteiger partial charge >= 0.3 is 0 Å². The number of nitrogens with zero attached hydrogens (tertiary/aromatic N) is 1. The summed E-state index contributed by atoms with van der Waals surface area (Å²) in [5.74, 6) is -0.665. The molecule has 0 aromatic rings. The lowest BCUT2D eigenvalue weighted by Gasteiger charge is -2.13. The number of methoxy groups -OCH3 is 1. The van der Waals surface area contributed by atoms with Crippen molar-refractivity contribution in [1.29, 1.82) is 0 Å². The van der Waals surface area contributed by atoms with Crippen LogP contribution in [0.5, 0.6) is 0 Å². The highest BCUT2D eigenvalue weighted by molar-refractivity contribution is 6.37. The zero-order valence-corrected chi connectivity index (χ0v) is 8.32. The number of amides is 1. The molecule has 0 aromatic heterocycles. The number of rotatable bonds is 6. The Morgan fingerprint density at radius 3 is 2.64 bits per heavy atom. The van der Waals surface area contributed by atoms with Gasteiger partial charge in [-0.3, -0.25) is 9.59 Å². The summed E-state index contributed by atoms with van der Waals surface area (Å²) in [5, 5.41) is 0. The number of likely N-dealkylation sites (tertiary alicyclic amines) is 1. The predicted molar refractivity (Wildman–Crippen MR) is 48.9 cm³/mol. The van der Waals surface area contributed by atoms with Crippen molar-refractivity contribution < 1.29 is 19.1 Å². The first kappa shape index (κ1) is 11.1. The van der Waals surface area contributed by atoms with Crippen LogP contribution < -0.4 is 0 Å². The van der Waals surface area contributed by atoms with Gasteiger partial charge in [0, 0.05) is 26.6 Å². The molecule has 0 N–H and O–H groups in total. The fraction of sp³-hybridized carbons (Fsp3) is 0.778. The van der Waals surface area contributed by atoms with E-state index >= 15 is 0 Å². The Bertz CT molecular complexity index is 217. The zero-order valence-electron chi connectivity index (χ0n) is 8.32. The monoisotopic (exact) mass is 201 g/mol. The van der Waals surface area contributed by atoms with E-state index in [1.807, 2.05) is 0 Å². The Morgan fingerprint density at radius 1 is 1.29 bits per heavy atom. The van der Waals surface area contributed by atoms with E-state index in [2.05, 4.69) is 0 Å². The smallest absolute Gasteiger partial charge is 0.290 e. The number of carbonyl (C=O) groups is 2. The van der Waals surface area contributed by atoms with Gasteiger partial charge in [-0.15, -0.1) is 0 Å². The van der Waals surface area contributed by atoms with Crippen LogP contribution in [0.4, 0.5) is 0 Å². The maximum absolute atomic E-state index is 11.1. The van der Waals surface area contributed by atoms with Crippen molar-refractivity contribution in [2.24, 2.45) is 0 Å². The first-order valence-electron chi connectivity index (χ1n) is 4.64. The quantitative estimate of drug-likeness (QED) is 0.427. The van der Waals surface area contributed by atoms with E-state index in [9.17, 15) is 9.59 Å². The second kappa shape index (κ2) is 5.72. The topological polar surface area (TPSA) is 55.8 Å². The SMILES string of the molecule is COCCOCCN1CCC(=O)C1=O. The molecule has 0 radical (unpaired) electrons. The number of hydrogen-bond acceptors (Lipinski definition) is 4. The third kappa shape index (κ3) is 3.08. The van der Waals surface area contributed by atoms with E-state index in [4.69, 9.17) is 9.47 Å². The maximum Gasteiger partial charge on any atom is 0.290 e. The standard InChI is InChI=1S/C9H15NO4/c1-13-6-7-14-5-4-10-3-2-8(11)9(10)12/h2-7H2,1H3. The summed E-state index contributed by atoms with van der Waals surface area (Å²) in [5.41, 5.74) is 0. The first-order valence-corrected chi connectivity index (χ1v) is 4.64. The molecule has 0 atom stereocenters. The van der Waals surface area contributed by atoms with Crippen LogP contribution in [0.3, 0.4) is 0 Å². The van der Waals surface area contributed by atoms with Crippen molar-refractivity contribution in [2.75, 3.05) is 40.0 Å². The molecule has 5 heteroatoms. The lowest BCUT2D eigenvalue weighted by atomic mass is 10.3. The second-order valence-corrected chi connectivity index (χ2v) is 3.07. The molecule has 0 saturated carbocycles. The van der Waals surface area contributed by atoms with Crippen LogP contribution in [0.1, 0.15) is 6.42 Å².